The number of esters is 1. The molecule has 1 saturated carbocycles. The number of nitrogens with one attached hydrogen (secondary N) is 1. The third-order valence-corrected chi connectivity index (χ3v) is 6.76. The predicted octanol–water partition coefficient (Wildman–Crippen LogP) is 2.23. The van der Waals surface area contributed by atoms with E-state index < -0.39 is 29.2 Å². The zero-order chi connectivity index (χ0) is 28.5. The Morgan fingerprint density at radius 1 is 1.15 bits per heavy atom. The number of ether oxygens (including phenoxy) is 4. The number of amides is 1. The smallest absolute Gasteiger partial charge is 0.317 e. The lowest BCUT2D eigenvalue weighted by atomic mass is 9.92. The highest BCUT2D eigenvalue weighted by Gasteiger charge is 2.55. The van der Waals surface area contributed by atoms with Gasteiger partial charge in [-0.15, -0.1) is 0 Å². The number of aromatic amines is 1. The molecule has 12 nitrogen and oxygen atoms in total. The maximum absolute atomic E-state index is 13.7. The number of nitrogens with two attached hydrogens (primary N) is 1. The molecule has 0 spiro atoms. The van der Waals surface area contributed by atoms with E-state index >= 15 is 0 Å². The number of likely N-dealkylation sites (N-methyl/N-ethyl adjacent to an activating group) is 1. The molecule has 1 aliphatic heterocycles. The first-order valence-corrected chi connectivity index (χ1v) is 12.8. The number of rotatable bonds is 10. The third kappa shape index (κ3) is 5.81. The van der Waals surface area contributed by atoms with E-state index in [0.717, 1.165) is 0 Å². The molecule has 2 aliphatic rings. The van der Waals surface area contributed by atoms with Gasteiger partial charge in [0.1, 0.15) is 17.8 Å². The largest absolute Gasteiger partial charge is 0.462 e. The van der Waals surface area contributed by atoms with Crippen molar-refractivity contribution in [3.05, 3.63) is 48.2 Å². The fourth-order valence-electron chi connectivity index (χ4n) is 4.07. The number of carbonyl (C=O) groups excluding carboxylic acids is 2. The van der Waals surface area contributed by atoms with Crippen LogP contribution in [-0.4, -0.2) is 82.8 Å². The fraction of sp³-hybridized carbons (Fsp3) is 0.444. The van der Waals surface area contributed by atoms with Gasteiger partial charge in [-0.1, -0.05) is 0 Å². The maximum atomic E-state index is 13.7. The van der Waals surface area contributed by atoms with Crippen molar-refractivity contribution in [1.29, 1.82) is 0 Å². The molecule has 2 fully saturated rings. The van der Waals surface area contributed by atoms with Crippen LogP contribution in [0.2, 0.25) is 0 Å². The first-order chi connectivity index (χ1) is 19.1. The van der Waals surface area contributed by atoms with Crippen molar-refractivity contribution >= 4 is 11.9 Å². The Balaban J connectivity index is 1.37. The molecule has 3 heterocycles. The first-order valence-electron chi connectivity index (χ1n) is 12.8. The van der Waals surface area contributed by atoms with Gasteiger partial charge in [0.2, 0.25) is 6.29 Å². The summed E-state index contributed by atoms with van der Waals surface area (Å²) in [6.07, 6.45) is 1.45. The maximum Gasteiger partial charge on any atom is 0.317 e. The summed E-state index contributed by atoms with van der Waals surface area (Å²) in [6, 6.07) is 7.79. The monoisotopic (exact) mass is 554 g/mol. The summed E-state index contributed by atoms with van der Waals surface area (Å²) >= 11 is 0. The highest BCUT2D eigenvalue weighted by Crippen LogP contribution is 2.42. The molecule has 1 amide bonds. The third-order valence-electron chi connectivity index (χ3n) is 6.76. The molecule has 1 saturated heterocycles. The Labute approximate surface area is 230 Å². The number of H-pyrrole nitrogens is 1. The van der Waals surface area contributed by atoms with E-state index in [1.54, 1.807) is 31.3 Å². The molecular weight excluding hydrogens is 523 g/mol. The Hall–Kier alpha value is -3.94. The number of nitrogens with zero attached hydrogens (tertiary/aromatic N) is 4. The van der Waals surface area contributed by atoms with Crippen molar-refractivity contribution in [2.75, 3.05) is 40.5 Å². The van der Waals surface area contributed by atoms with E-state index in [1.165, 1.54) is 12.1 Å². The molecule has 40 heavy (non-hydrogen) atoms. The van der Waals surface area contributed by atoms with Gasteiger partial charge in [0.25, 0.3) is 5.91 Å². The molecule has 1 aromatic carbocycles. The van der Waals surface area contributed by atoms with Crippen LogP contribution in [0.1, 0.15) is 31.9 Å². The zero-order valence-corrected chi connectivity index (χ0v) is 22.5. The van der Waals surface area contributed by atoms with Crippen LogP contribution in [0.3, 0.4) is 0 Å². The minimum absolute atomic E-state index is 0.0371. The molecule has 0 atom stereocenters. The number of imidazole rings is 1. The lowest BCUT2D eigenvalue weighted by Crippen LogP contribution is -2.47. The SMILES string of the molecule is CN(C)CCOc1nccc(-c2[nH]c(C3OCC(C)(C(=O)OC4(C(N)=O)CC4)CO3)nc2-c2ccc(F)cc2)n1. The highest BCUT2D eigenvalue weighted by atomic mass is 19.1. The van der Waals surface area contributed by atoms with Crippen LogP contribution in [-0.2, 0) is 23.8 Å². The molecule has 13 heteroatoms. The highest BCUT2D eigenvalue weighted by molar-refractivity contribution is 5.90. The van der Waals surface area contributed by atoms with Gasteiger partial charge >= 0.3 is 12.0 Å². The second kappa shape index (κ2) is 10.9. The van der Waals surface area contributed by atoms with Crippen LogP contribution < -0.4 is 10.5 Å². The molecule has 0 radical (unpaired) electrons. The first kappa shape index (κ1) is 27.6. The van der Waals surface area contributed by atoms with E-state index in [0.29, 0.717) is 54.5 Å². The van der Waals surface area contributed by atoms with E-state index in [9.17, 15) is 14.0 Å². The van der Waals surface area contributed by atoms with Gasteiger partial charge in [-0.05, 0) is 51.4 Å². The lowest BCUT2D eigenvalue weighted by Gasteiger charge is -2.35. The topological polar surface area (TPSA) is 155 Å². The average molecular weight is 555 g/mol. The van der Waals surface area contributed by atoms with Gasteiger partial charge < -0.3 is 34.6 Å². The Morgan fingerprint density at radius 3 is 2.48 bits per heavy atom. The Morgan fingerprint density at radius 2 is 1.85 bits per heavy atom. The second-order valence-corrected chi connectivity index (χ2v) is 10.5. The van der Waals surface area contributed by atoms with Crippen molar-refractivity contribution in [2.45, 2.75) is 31.7 Å². The molecule has 5 rings (SSSR count). The predicted molar refractivity (Wildman–Crippen MR) is 139 cm³/mol. The van der Waals surface area contributed by atoms with E-state index in [4.69, 9.17) is 29.7 Å². The normalized spacial score (nSPS) is 21.7. The van der Waals surface area contributed by atoms with Gasteiger partial charge in [-0.25, -0.2) is 14.4 Å². The minimum Gasteiger partial charge on any atom is -0.462 e. The number of benzene rings is 1. The molecule has 0 bridgehead atoms. The van der Waals surface area contributed by atoms with Gasteiger partial charge in [0, 0.05) is 31.1 Å². The van der Waals surface area contributed by atoms with Crippen LogP contribution in [0.15, 0.2) is 36.5 Å². The molecule has 3 N–H and O–H groups in total. The minimum atomic E-state index is -1.23. The van der Waals surface area contributed by atoms with Crippen molar-refractivity contribution < 1.29 is 32.9 Å². The number of hydrogen-bond acceptors (Lipinski definition) is 10. The fourth-order valence-corrected chi connectivity index (χ4v) is 4.07. The van der Waals surface area contributed by atoms with Gasteiger partial charge in [-0.2, -0.15) is 4.98 Å². The van der Waals surface area contributed by atoms with Gasteiger partial charge in [-0.3, -0.25) is 9.59 Å². The standard InChI is InChI=1S/C27H31FN6O6/c1-26(24(36)40-27(9-10-27)23(29)35)14-38-22(39-15-26)21-32-19(16-4-6-17(28)7-5-16)20(33-21)18-8-11-30-25(31-18)37-13-12-34(2)3/h4-8,11,22H,9-10,12-15H2,1-3H3,(H2,29,35)(H,32,33). The summed E-state index contributed by atoms with van der Waals surface area (Å²) in [4.78, 5) is 43.1. The number of aromatic nitrogens is 4. The molecular formula is C27H31FN6O6. The van der Waals surface area contributed by atoms with Gasteiger partial charge in [0.15, 0.2) is 11.4 Å². The summed E-state index contributed by atoms with van der Waals surface area (Å²) in [6.45, 7) is 2.66. The van der Waals surface area contributed by atoms with Crippen LogP contribution >= 0.6 is 0 Å². The number of hydrogen-bond donors (Lipinski definition) is 2. The van der Waals surface area contributed by atoms with Crippen molar-refractivity contribution in [1.82, 2.24) is 24.8 Å². The lowest BCUT2D eigenvalue weighted by molar-refractivity contribution is -0.240. The Bertz CT molecular complexity index is 1380. The van der Waals surface area contributed by atoms with E-state index in [1.807, 2.05) is 19.0 Å². The number of carbonyl (C=O) groups is 2. The van der Waals surface area contributed by atoms with Crippen molar-refractivity contribution in [3.8, 4) is 28.7 Å². The van der Waals surface area contributed by atoms with Crippen LogP contribution in [0.5, 0.6) is 6.01 Å². The summed E-state index contributed by atoms with van der Waals surface area (Å²) in [5.41, 5.74) is 5.17. The average Bonchev–Trinajstić information content (AvgIpc) is 3.58. The second-order valence-electron chi connectivity index (χ2n) is 10.5. The molecule has 0 unspecified atom stereocenters. The summed E-state index contributed by atoms with van der Waals surface area (Å²) < 4.78 is 36.6. The molecule has 3 aromatic rings. The summed E-state index contributed by atoms with van der Waals surface area (Å²) in [7, 11) is 3.88. The van der Waals surface area contributed by atoms with Crippen molar-refractivity contribution in [2.24, 2.45) is 11.1 Å². The van der Waals surface area contributed by atoms with E-state index in [-0.39, 0.29) is 25.0 Å². The number of primary amides is 1. The summed E-state index contributed by atoms with van der Waals surface area (Å²) in [5, 5.41) is 0. The number of halogens is 1. The Kier molecular flexibility index (Phi) is 7.53. The van der Waals surface area contributed by atoms with Crippen LogP contribution in [0.4, 0.5) is 4.39 Å². The van der Waals surface area contributed by atoms with E-state index in [2.05, 4.69) is 15.0 Å². The quantitative estimate of drug-likeness (QED) is 0.357. The van der Waals surface area contributed by atoms with Crippen LogP contribution in [0.25, 0.3) is 22.6 Å². The molecule has 212 valence electrons. The van der Waals surface area contributed by atoms with Crippen molar-refractivity contribution in [3.63, 3.8) is 0 Å². The molecule has 1 aliphatic carbocycles. The summed E-state index contributed by atoms with van der Waals surface area (Å²) in [5.74, 6) is -1.33. The van der Waals surface area contributed by atoms with Crippen LogP contribution in [0, 0.1) is 11.2 Å². The van der Waals surface area contributed by atoms with Gasteiger partial charge in [0.05, 0.1) is 30.3 Å². The molecule has 2 aromatic heterocycles. The zero-order valence-electron chi connectivity index (χ0n) is 22.5.